The largest absolute Gasteiger partial charge is 0.381 e. The molecule has 0 aliphatic carbocycles. The number of nitrogens with one attached hydrogen (secondary N) is 1. The van der Waals surface area contributed by atoms with Gasteiger partial charge in [0, 0.05) is 25.2 Å². The summed E-state index contributed by atoms with van der Waals surface area (Å²) in [6.07, 6.45) is 2.83. The van der Waals surface area contributed by atoms with Gasteiger partial charge in [-0.2, -0.15) is 4.39 Å². The van der Waals surface area contributed by atoms with Crippen LogP contribution >= 0.6 is 0 Å². The molecule has 0 bridgehead atoms. The highest BCUT2D eigenvalue weighted by Gasteiger charge is 2.32. The topological polar surface area (TPSA) is 108 Å². The molecule has 3 rings (SSSR count). The summed E-state index contributed by atoms with van der Waals surface area (Å²) in [5.41, 5.74) is 6.81. The lowest BCUT2D eigenvalue weighted by Gasteiger charge is -2.41. The zero-order valence-corrected chi connectivity index (χ0v) is 16.7. The Bertz CT molecular complexity index is 777. The Morgan fingerprint density at radius 1 is 1.28 bits per heavy atom. The number of nitrogens with zero attached hydrogens (tertiary/aromatic N) is 3. The maximum Gasteiger partial charge on any atom is 0.207 e. The normalized spacial score (nSPS) is 20.8. The van der Waals surface area contributed by atoms with E-state index in [-0.39, 0.29) is 23.7 Å². The molecule has 2 heterocycles. The SMILES string of the molecule is C[C@H](N[C@H]1CN(c2ncnc(N)c2F)CCC1CCCC(O)O)c1ccccc1. The number of halogens is 1. The summed E-state index contributed by atoms with van der Waals surface area (Å²) < 4.78 is 14.5. The van der Waals surface area contributed by atoms with Crippen molar-refractivity contribution in [2.75, 3.05) is 23.7 Å². The van der Waals surface area contributed by atoms with E-state index in [9.17, 15) is 4.39 Å². The Hall–Kier alpha value is -2.29. The molecule has 5 N–H and O–H groups in total. The third-order valence-electron chi connectivity index (χ3n) is 5.65. The maximum atomic E-state index is 14.5. The van der Waals surface area contributed by atoms with Gasteiger partial charge >= 0.3 is 0 Å². The van der Waals surface area contributed by atoms with Crippen LogP contribution in [0.4, 0.5) is 16.0 Å². The van der Waals surface area contributed by atoms with Gasteiger partial charge < -0.3 is 26.2 Å². The molecule has 1 aromatic heterocycles. The highest BCUT2D eigenvalue weighted by atomic mass is 19.1. The maximum absolute atomic E-state index is 14.5. The molecule has 1 saturated heterocycles. The molecule has 29 heavy (non-hydrogen) atoms. The average molecular weight is 404 g/mol. The molecule has 7 nitrogen and oxygen atoms in total. The summed E-state index contributed by atoms with van der Waals surface area (Å²) in [6.45, 7) is 3.38. The summed E-state index contributed by atoms with van der Waals surface area (Å²) in [6, 6.07) is 10.4. The Labute approximate surface area is 170 Å². The number of nitrogens with two attached hydrogens (primary N) is 1. The molecule has 3 atom stereocenters. The van der Waals surface area contributed by atoms with Crippen LogP contribution in [0.25, 0.3) is 0 Å². The Kier molecular flexibility index (Phi) is 7.35. The van der Waals surface area contributed by atoms with E-state index in [0.717, 1.165) is 19.3 Å². The van der Waals surface area contributed by atoms with Crippen LogP contribution in [0.5, 0.6) is 0 Å². The van der Waals surface area contributed by atoms with Crippen molar-refractivity contribution in [3.63, 3.8) is 0 Å². The number of benzene rings is 1. The molecule has 0 saturated carbocycles. The van der Waals surface area contributed by atoms with Crippen molar-refractivity contribution in [3.05, 3.63) is 48.0 Å². The van der Waals surface area contributed by atoms with Gasteiger partial charge in [-0.1, -0.05) is 30.3 Å². The zero-order chi connectivity index (χ0) is 20.8. The number of piperidine rings is 1. The highest BCUT2D eigenvalue weighted by Crippen LogP contribution is 2.30. The number of aliphatic hydroxyl groups is 2. The summed E-state index contributed by atoms with van der Waals surface area (Å²) in [5.74, 6) is -0.139. The lowest BCUT2D eigenvalue weighted by Crippen LogP contribution is -2.52. The fourth-order valence-electron chi connectivity index (χ4n) is 4.04. The predicted octanol–water partition coefficient (Wildman–Crippen LogP) is 2.22. The third kappa shape index (κ3) is 5.62. The third-order valence-corrected chi connectivity index (χ3v) is 5.65. The Morgan fingerprint density at radius 2 is 2.03 bits per heavy atom. The first kappa shape index (κ1) is 21.4. The minimum atomic E-state index is -1.28. The Balaban J connectivity index is 1.74. The summed E-state index contributed by atoms with van der Waals surface area (Å²) >= 11 is 0. The molecule has 158 valence electrons. The van der Waals surface area contributed by atoms with E-state index in [1.807, 2.05) is 23.1 Å². The van der Waals surface area contributed by atoms with Gasteiger partial charge in [0.1, 0.15) is 6.33 Å². The van der Waals surface area contributed by atoms with Crippen LogP contribution in [0.3, 0.4) is 0 Å². The molecule has 2 aromatic rings. The summed E-state index contributed by atoms with van der Waals surface area (Å²) in [7, 11) is 0. The summed E-state index contributed by atoms with van der Waals surface area (Å²) in [4.78, 5) is 9.74. The van der Waals surface area contributed by atoms with Crippen molar-refractivity contribution in [3.8, 4) is 0 Å². The molecule has 1 aliphatic rings. The second-order valence-electron chi connectivity index (χ2n) is 7.71. The molecular weight excluding hydrogens is 373 g/mol. The first-order valence-corrected chi connectivity index (χ1v) is 10.1. The number of hydrogen-bond acceptors (Lipinski definition) is 7. The molecular formula is C21H30FN5O2. The van der Waals surface area contributed by atoms with Crippen molar-refractivity contribution < 1.29 is 14.6 Å². The second kappa shape index (κ2) is 9.96. The first-order chi connectivity index (χ1) is 14.0. The van der Waals surface area contributed by atoms with Crippen LogP contribution in [-0.4, -0.2) is 45.6 Å². The highest BCUT2D eigenvalue weighted by molar-refractivity contribution is 5.48. The molecule has 8 heteroatoms. The predicted molar refractivity (Wildman–Crippen MR) is 111 cm³/mol. The van der Waals surface area contributed by atoms with Crippen molar-refractivity contribution in [1.82, 2.24) is 15.3 Å². The Morgan fingerprint density at radius 3 is 2.76 bits per heavy atom. The fraction of sp³-hybridized carbons (Fsp3) is 0.524. The van der Waals surface area contributed by atoms with Crippen LogP contribution in [0.15, 0.2) is 36.7 Å². The van der Waals surface area contributed by atoms with E-state index >= 15 is 0 Å². The standard InChI is InChI=1S/C21H30FN5O2/c1-14(15-6-3-2-4-7-15)26-17-12-27(21-19(22)20(23)24-13-25-21)11-10-16(17)8-5-9-18(28)29/h2-4,6-7,13-14,16-18,26,28-29H,5,8-12H2,1H3,(H2,23,24,25)/t14-,16?,17-/m0/s1. The van der Waals surface area contributed by atoms with Crippen molar-refractivity contribution in [2.45, 2.75) is 51.0 Å². The van der Waals surface area contributed by atoms with Gasteiger partial charge in [0.25, 0.3) is 0 Å². The van der Waals surface area contributed by atoms with Crippen LogP contribution in [0.1, 0.15) is 44.2 Å². The van der Waals surface area contributed by atoms with Gasteiger partial charge in [0.05, 0.1) is 0 Å². The van der Waals surface area contributed by atoms with E-state index in [4.69, 9.17) is 15.9 Å². The van der Waals surface area contributed by atoms with Crippen molar-refractivity contribution in [2.24, 2.45) is 5.92 Å². The molecule has 1 unspecified atom stereocenters. The molecule has 1 aromatic carbocycles. The average Bonchev–Trinajstić information content (AvgIpc) is 2.71. The van der Waals surface area contributed by atoms with Gasteiger partial charge in [-0.05, 0) is 44.1 Å². The van der Waals surface area contributed by atoms with E-state index < -0.39 is 12.1 Å². The monoisotopic (exact) mass is 403 g/mol. The van der Waals surface area contributed by atoms with Crippen LogP contribution < -0.4 is 16.0 Å². The van der Waals surface area contributed by atoms with Crippen molar-refractivity contribution >= 4 is 11.6 Å². The fourth-order valence-corrected chi connectivity index (χ4v) is 4.04. The van der Waals surface area contributed by atoms with E-state index in [2.05, 4.69) is 34.3 Å². The molecule has 1 aliphatic heterocycles. The quantitative estimate of drug-likeness (QED) is 0.501. The molecule has 1 fully saturated rings. The number of aromatic nitrogens is 2. The molecule has 0 radical (unpaired) electrons. The number of hydrogen-bond donors (Lipinski definition) is 4. The summed E-state index contributed by atoms with van der Waals surface area (Å²) in [5, 5.41) is 22.0. The van der Waals surface area contributed by atoms with E-state index in [0.29, 0.717) is 25.4 Å². The van der Waals surface area contributed by atoms with Gasteiger partial charge in [-0.15, -0.1) is 0 Å². The minimum absolute atomic E-state index is 0.102. The number of anilines is 2. The second-order valence-corrected chi connectivity index (χ2v) is 7.71. The molecule has 0 amide bonds. The van der Waals surface area contributed by atoms with Crippen LogP contribution in [-0.2, 0) is 0 Å². The zero-order valence-electron chi connectivity index (χ0n) is 16.7. The van der Waals surface area contributed by atoms with Crippen molar-refractivity contribution in [1.29, 1.82) is 0 Å². The van der Waals surface area contributed by atoms with Gasteiger partial charge in [0.2, 0.25) is 5.82 Å². The number of rotatable bonds is 8. The van der Waals surface area contributed by atoms with Crippen LogP contribution in [0, 0.1) is 11.7 Å². The van der Waals surface area contributed by atoms with Gasteiger partial charge in [-0.3, -0.25) is 0 Å². The van der Waals surface area contributed by atoms with Gasteiger partial charge in [-0.25, -0.2) is 9.97 Å². The lowest BCUT2D eigenvalue weighted by molar-refractivity contribution is -0.0474. The van der Waals surface area contributed by atoms with Gasteiger partial charge in [0.15, 0.2) is 17.9 Å². The number of nitrogen functional groups attached to an aromatic ring is 1. The number of aliphatic hydroxyl groups excluding tert-OH is 1. The smallest absolute Gasteiger partial charge is 0.207 e. The molecule has 0 spiro atoms. The minimum Gasteiger partial charge on any atom is -0.381 e. The lowest BCUT2D eigenvalue weighted by atomic mass is 9.86. The van der Waals surface area contributed by atoms with Crippen LogP contribution in [0.2, 0.25) is 0 Å². The first-order valence-electron chi connectivity index (χ1n) is 10.1. The van der Waals surface area contributed by atoms with E-state index in [1.54, 1.807) is 0 Å². The van der Waals surface area contributed by atoms with E-state index in [1.165, 1.54) is 11.9 Å².